The van der Waals surface area contributed by atoms with E-state index >= 15 is 0 Å². The Bertz CT molecular complexity index is 191. The first-order valence-electron chi connectivity index (χ1n) is 3.53. The van der Waals surface area contributed by atoms with Crippen LogP contribution < -0.4 is 5.32 Å². The van der Waals surface area contributed by atoms with Crippen LogP contribution in [0, 0.1) is 0 Å². The number of rotatable bonds is 4. The molecule has 76 valence electrons. The average Bonchev–Trinajstić information content (AvgIpc) is 2.02. The third-order valence-corrected chi connectivity index (χ3v) is 1.28. The van der Waals surface area contributed by atoms with Crippen LogP contribution in [0.3, 0.4) is 0 Å². The monoisotopic (exact) mass is 197 g/mol. The molecule has 0 aromatic heterocycles. The highest BCUT2D eigenvalue weighted by atomic mass is 19.4. The fourth-order valence-corrected chi connectivity index (χ4v) is 0.568. The molecule has 0 aliphatic rings. The highest BCUT2D eigenvalue weighted by molar-refractivity contribution is 5.86. The SMILES string of the molecule is C=CC(=O)NCCC(O)C(F)(F)F. The molecule has 0 radical (unpaired) electrons. The van der Waals surface area contributed by atoms with Crippen LogP contribution in [-0.4, -0.2) is 29.8 Å². The highest BCUT2D eigenvalue weighted by Gasteiger charge is 2.37. The van der Waals surface area contributed by atoms with Crippen molar-refractivity contribution < 1.29 is 23.1 Å². The number of aliphatic hydroxyl groups excluding tert-OH is 1. The molecule has 0 aliphatic heterocycles. The minimum Gasteiger partial charge on any atom is -0.384 e. The van der Waals surface area contributed by atoms with Crippen LogP contribution in [0.1, 0.15) is 6.42 Å². The topological polar surface area (TPSA) is 49.3 Å². The highest BCUT2D eigenvalue weighted by Crippen LogP contribution is 2.21. The van der Waals surface area contributed by atoms with E-state index in [1.807, 2.05) is 0 Å². The normalized spacial score (nSPS) is 13.5. The summed E-state index contributed by atoms with van der Waals surface area (Å²) in [6.45, 7) is 2.88. The van der Waals surface area contributed by atoms with Crippen LogP contribution in [0.4, 0.5) is 13.2 Å². The Morgan fingerprint density at radius 3 is 2.54 bits per heavy atom. The van der Waals surface area contributed by atoms with Gasteiger partial charge in [-0.1, -0.05) is 6.58 Å². The van der Waals surface area contributed by atoms with Gasteiger partial charge in [-0.05, 0) is 12.5 Å². The summed E-state index contributed by atoms with van der Waals surface area (Å²) in [5.74, 6) is -0.561. The van der Waals surface area contributed by atoms with Gasteiger partial charge in [-0.2, -0.15) is 13.2 Å². The molecule has 0 rings (SSSR count). The number of hydrogen-bond acceptors (Lipinski definition) is 2. The number of hydrogen-bond donors (Lipinski definition) is 2. The lowest BCUT2D eigenvalue weighted by Gasteiger charge is -2.13. The second-order valence-electron chi connectivity index (χ2n) is 2.34. The van der Waals surface area contributed by atoms with Crippen LogP contribution in [0.25, 0.3) is 0 Å². The van der Waals surface area contributed by atoms with E-state index in [-0.39, 0.29) is 6.54 Å². The Kier molecular flexibility index (Phi) is 4.47. The van der Waals surface area contributed by atoms with E-state index in [0.29, 0.717) is 0 Å². The second kappa shape index (κ2) is 4.86. The summed E-state index contributed by atoms with van der Waals surface area (Å²) in [6.07, 6.45) is -6.63. The number of nitrogens with one attached hydrogen (secondary N) is 1. The van der Waals surface area contributed by atoms with Gasteiger partial charge in [-0.15, -0.1) is 0 Å². The average molecular weight is 197 g/mol. The molecule has 6 heteroatoms. The maximum atomic E-state index is 11.7. The van der Waals surface area contributed by atoms with Crippen molar-refractivity contribution in [2.45, 2.75) is 18.7 Å². The van der Waals surface area contributed by atoms with Crippen molar-refractivity contribution in [3.63, 3.8) is 0 Å². The number of aliphatic hydroxyl groups is 1. The predicted molar refractivity (Wildman–Crippen MR) is 39.9 cm³/mol. The smallest absolute Gasteiger partial charge is 0.384 e. The second-order valence-corrected chi connectivity index (χ2v) is 2.34. The molecule has 0 aliphatic carbocycles. The first-order valence-corrected chi connectivity index (χ1v) is 3.53. The van der Waals surface area contributed by atoms with Crippen molar-refractivity contribution in [3.05, 3.63) is 12.7 Å². The lowest BCUT2D eigenvalue weighted by Crippen LogP contribution is -2.33. The van der Waals surface area contributed by atoms with Gasteiger partial charge in [-0.25, -0.2) is 0 Å². The summed E-state index contributed by atoms with van der Waals surface area (Å²) >= 11 is 0. The molecule has 0 fully saturated rings. The largest absolute Gasteiger partial charge is 0.414 e. The molecule has 13 heavy (non-hydrogen) atoms. The van der Waals surface area contributed by atoms with Gasteiger partial charge >= 0.3 is 6.18 Å². The number of carbonyl (C=O) groups excluding carboxylic acids is 1. The Morgan fingerprint density at radius 1 is 1.62 bits per heavy atom. The molecule has 1 atom stereocenters. The summed E-state index contributed by atoms with van der Waals surface area (Å²) < 4.78 is 35.0. The van der Waals surface area contributed by atoms with Crippen molar-refractivity contribution in [1.82, 2.24) is 5.32 Å². The minimum absolute atomic E-state index is 0.231. The molecule has 1 unspecified atom stereocenters. The Hall–Kier alpha value is -1.04. The quantitative estimate of drug-likeness (QED) is 0.648. The fourth-order valence-electron chi connectivity index (χ4n) is 0.568. The Morgan fingerprint density at radius 2 is 2.15 bits per heavy atom. The zero-order valence-electron chi connectivity index (χ0n) is 6.77. The molecule has 0 aromatic rings. The zero-order chi connectivity index (χ0) is 10.5. The van der Waals surface area contributed by atoms with Crippen molar-refractivity contribution in [2.75, 3.05) is 6.54 Å². The molecular formula is C7H10F3NO2. The lowest BCUT2D eigenvalue weighted by molar-refractivity contribution is -0.205. The minimum atomic E-state index is -4.63. The van der Waals surface area contributed by atoms with E-state index < -0.39 is 24.6 Å². The van der Waals surface area contributed by atoms with Crippen LogP contribution in [0.2, 0.25) is 0 Å². The maximum Gasteiger partial charge on any atom is 0.414 e. The maximum absolute atomic E-state index is 11.7. The van der Waals surface area contributed by atoms with Gasteiger partial charge in [0.2, 0.25) is 5.91 Å². The third-order valence-electron chi connectivity index (χ3n) is 1.28. The van der Waals surface area contributed by atoms with E-state index in [9.17, 15) is 18.0 Å². The van der Waals surface area contributed by atoms with Gasteiger partial charge in [0.1, 0.15) is 0 Å². The molecule has 0 heterocycles. The van der Waals surface area contributed by atoms with Crippen LogP contribution in [0.15, 0.2) is 12.7 Å². The van der Waals surface area contributed by atoms with Gasteiger partial charge in [-0.3, -0.25) is 4.79 Å². The summed E-state index contributed by atoms with van der Waals surface area (Å²) in [7, 11) is 0. The number of halogens is 3. The fraction of sp³-hybridized carbons (Fsp3) is 0.571. The first kappa shape index (κ1) is 12.0. The van der Waals surface area contributed by atoms with Crippen LogP contribution in [-0.2, 0) is 4.79 Å². The number of amides is 1. The van der Waals surface area contributed by atoms with E-state index in [1.54, 1.807) is 0 Å². The van der Waals surface area contributed by atoms with Crippen molar-refractivity contribution >= 4 is 5.91 Å². The molecule has 0 aromatic carbocycles. The summed E-state index contributed by atoms with van der Waals surface area (Å²) in [5, 5.41) is 10.6. The van der Waals surface area contributed by atoms with Gasteiger partial charge < -0.3 is 10.4 Å². The van der Waals surface area contributed by atoms with Gasteiger partial charge in [0.25, 0.3) is 0 Å². The summed E-state index contributed by atoms with van der Waals surface area (Å²) in [6, 6.07) is 0. The number of carbonyl (C=O) groups is 1. The van der Waals surface area contributed by atoms with E-state index in [4.69, 9.17) is 5.11 Å². The zero-order valence-corrected chi connectivity index (χ0v) is 6.77. The van der Waals surface area contributed by atoms with Gasteiger partial charge in [0.15, 0.2) is 6.10 Å². The Labute approximate surface area is 73.2 Å². The molecule has 0 saturated heterocycles. The molecule has 1 amide bonds. The van der Waals surface area contributed by atoms with E-state index in [2.05, 4.69) is 11.9 Å². The van der Waals surface area contributed by atoms with Crippen molar-refractivity contribution in [2.24, 2.45) is 0 Å². The summed E-state index contributed by atoms with van der Waals surface area (Å²) in [5.41, 5.74) is 0. The Balaban J connectivity index is 3.65. The molecule has 0 bridgehead atoms. The van der Waals surface area contributed by atoms with Crippen molar-refractivity contribution in [1.29, 1.82) is 0 Å². The lowest BCUT2D eigenvalue weighted by atomic mass is 10.2. The molecule has 0 spiro atoms. The molecule has 2 N–H and O–H groups in total. The number of alkyl halides is 3. The predicted octanol–water partition coefficient (Wildman–Crippen LogP) is 0.602. The molecular weight excluding hydrogens is 187 g/mol. The first-order chi connectivity index (χ1) is 5.88. The third kappa shape index (κ3) is 5.24. The van der Waals surface area contributed by atoms with Crippen LogP contribution >= 0.6 is 0 Å². The standard InChI is InChI=1S/C7H10F3NO2/c1-2-6(13)11-4-3-5(12)7(8,9)10/h2,5,12H,1,3-4H2,(H,11,13). The van der Waals surface area contributed by atoms with Crippen molar-refractivity contribution in [3.8, 4) is 0 Å². The van der Waals surface area contributed by atoms with Gasteiger partial charge in [0, 0.05) is 6.54 Å². The summed E-state index contributed by atoms with van der Waals surface area (Å²) in [4.78, 5) is 10.5. The van der Waals surface area contributed by atoms with Crippen LogP contribution in [0.5, 0.6) is 0 Å². The molecule has 3 nitrogen and oxygen atoms in total. The van der Waals surface area contributed by atoms with Gasteiger partial charge in [0.05, 0.1) is 0 Å². The molecule has 0 saturated carbocycles. The van der Waals surface area contributed by atoms with E-state index in [1.165, 1.54) is 0 Å². The van der Waals surface area contributed by atoms with E-state index in [0.717, 1.165) is 6.08 Å².